The number of piperidine rings is 1. The molecule has 2 aromatic rings. The minimum atomic E-state index is 0.488. The largest absolute Gasteiger partial charge is 0.384 e. The quantitative estimate of drug-likeness (QED) is 0.767. The standard InChI is InChI=1S/C14H20N6/c15-8-10-1-2-14(18-9-10)20-13(16)7-12(19-20)11-3-5-17-6-4-11/h1-2,7,9,11,17H,3-6,8,15-16H2. The van der Waals surface area contributed by atoms with Gasteiger partial charge >= 0.3 is 0 Å². The molecule has 0 saturated carbocycles. The fraction of sp³-hybridized carbons (Fsp3) is 0.429. The van der Waals surface area contributed by atoms with Crippen LogP contribution in [0.3, 0.4) is 0 Å². The maximum Gasteiger partial charge on any atom is 0.155 e. The van der Waals surface area contributed by atoms with Crippen LogP contribution in [-0.2, 0) is 6.54 Å². The topological polar surface area (TPSA) is 94.8 Å². The molecule has 1 saturated heterocycles. The second kappa shape index (κ2) is 5.60. The summed E-state index contributed by atoms with van der Waals surface area (Å²) in [6.07, 6.45) is 3.98. The van der Waals surface area contributed by atoms with E-state index in [1.54, 1.807) is 10.9 Å². The predicted molar refractivity (Wildman–Crippen MR) is 78.5 cm³/mol. The molecule has 1 aliphatic heterocycles. The Morgan fingerprint density at radius 3 is 2.75 bits per heavy atom. The number of nitrogens with one attached hydrogen (secondary N) is 1. The van der Waals surface area contributed by atoms with Gasteiger partial charge in [0.25, 0.3) is 0 Å². The smallest absolute Gasteiger partial charge is 0.155 e. The van der Waals surface area contributed by atoms with Crippen molar-refractivity contribution in [2.45, 2.75) is 25.3 Å². The van der Waals surface area contributed by atoms with E-state index in [-0.39, 0.29) is 0 Å². The third kappa shape index (κ3) is 2.52. The zero-order chi connectivity index (χ0) is 13.9. The van der Waals surface area contributed by atoms with Gasteiger partial charge in [0.2, 0.25) is 0 Å². The first-order chi connectivity index (χ1) is 9.78. The Labute approximate surface area is 118 Å². The third-order valence-corrected chi connectivity index (χ3v) is 3.78. The maximum atomic E-state index is 6.07. The van der Waals surface area contributed by atoms with Crippen LogP contribution in [0.4, 0.5) is 5.82 Å². The fourth-order valence-electron chi connectivity index (χ4n) is 2.58. The Kier molecular flexibility index (Phi) is 3.66. The second-order valence-corrected chi connectivity index (χ2v) is 5.16. The van der Waals surface area contributed by atoms with Crippen molar-refractivity contribution in [1.82, 2.24) is 20.1 Å². The van der Waals surface area contributed by atoms with E-state index in [1.807, 2.05) is 18.2 Å². The second-order valence-electron chi connectivity index (χ2n) is 5.16. The van der Waals surface area contributed by atoms with E-state index >= 15 is 0 Å². The van der Waals surface area contributed by atoms with Gasteiger partial charge in [-0.25, -0.2) is 4.98 Å². The lowest BCUT2D eigenvalue weighted by molar-refractivity contribution is 0.451. The van der Waals surface area contributed by atoms with E-state index in [0.717, 1.165) is 43.0 Å². The van der Waals surface area contributed by atoms with Crippen molar-refractivity contribution in [2.75, 3.05) is 18.8 Å². The molecule has 0 amide bonds. The Bertz CT molecular complexity index is 568. The molecule has 0 unspecified atom stereocenters. The highest BCUT2D eigenvalue weighted by Gasteiger charge is 2.19. The summed E-state index contributed by atoms with van der Waals surface area (Å²) in [6.45, 7) is 2.57. The maximum absolute atomic E-state index is 6.07. The van der Waals surface area contributed by atoms with Crippen molar-refractivity contribution in [1.29, 1.82) is 0 Å². The summed E-state index contributed by atoms with van der Waals surface area (Å²) in [5.41, 5.74) is 13.7. The van der Waals surface area contributed by atoms with Gasteiger partial charge in [0.1, 0.15) is 5.82 Å². The molecule has 3 rings (SSSR count). The van der Waals surface area contributed by atoms with Gasteiger partial charge in [-0.2, -0.15) is 9.78 Å². The average molecular weight is 272 g/mol. The van der Waals surface area contributed by atoms with Crippen LogP contribution in [0.2, 0.25) is 0 Å². The van der Waals surface area contributed by atoms with E-state index in [2.05, 4.69) is 15.4 Å². The van der Waals surface area contributed by atoms with Crippen molar-refractivity contribution in [3.8, 4) is 5.82 Å². The van der Waals surface area contributed by atoms with Gasteiger partial charge in [-0.15, -0.1) is 0 Å². The minimum Gasteiger partial charge on any atom is -0.384 e. The van der Waals surface area contributed by atoms with Crippen LogP contribution < -0.4 is 16.8 Å². The number of nitrogens with two attached hydrogens (primary N) is 2. The number of hydrogen-bond acceptors (Lipinski definition) is 5. The number of aromatic nitrogens is 3. The lowest BCUT2D eigenvalue weighted by Gasteiger charge is -2.20. The molecule has 0 aromatic carbocycles. The highest BCUT2D eigenvalue weighted by molar-refractivity contribution is 5.40. The zero-order valence-corrected chi connectivity index (χ0v) is 11.4. The molecule has 0 bridgehead atoms. The van der Waals surface area contributed by atoms with Crippen molar-refractivity contribution < 1.29 is 0 Å². The molecule has 6 heteroatoms. The summed E-state index contributed by atoms with van der Waals surface area (Å²) >= 11 is 0. The summed E-state index contributed by atoms with van der Waals surface area (Å²) in [7, 11) is 0. The fourth-order valence-corrected chi connectivity index (χ4v) is 2.58. The van der Waals surface area contributed by atoms with Gasteiger partial charge in [0.15, 0.2) is 5.82 Å². The molecule has 1 aliphatic rings. The molecule has 20 heavy (non-hydrogen) atoms. The van der Waals surface area contributed by atoms with Gasteiger partial charge < -0.3 is 16.8 Å². The van der Waals surface area contributed by atoms with E-state index < -0.39 is 0 Å². The van der Waals surface area contributed by atoms with Crippen molar-refractivity contribution in [3.05, 3.63) is 35.7 Å². The predicted octanol–water partition coefficient (Wildman–Crippen LogP) is 0.775. The summed E-state index contributed by atoms with van der Waals surface area (Å²) in [6, 6.07) is 5.82. The Morgan fingerprint density at radius 1 is 1.30 bits per heavy atom. The van der Waals surface area contributed by atoms with Gasteiger partial charge in [0, 0.05) is 24.7 Å². The molecule has 106 valence electrons. The number of pyridine rings is 1. The first-order valence-electron chi connectivity index (χ1n) is 6.99. The number of nitrogens with zero attached hydrogens (tertiary/aromatic N) is 3. The highest BCUT2D eigenvalue weighted by atomic mass is 15.3. The zero-order valence-electron chi connectivity index (χ0n) is 11.4. The molecule has 2 aromatic heterocycles. The molecule has 6 nitrogen and oxygen atoms in total. The summed E-state index contributed by atoms with van der Waals surface area (Å²) in [5.74, 6) is 1.86. The summed E-state index contributed by atoms with van der Waals surface area (Å²) in [4.78, 5) is 4.37. The number of anilines is 1. The third-order valence-electron chi connectivity index (χ3n) is 3.78. The van der Waals surface area contributed by atoms with Gasteiger partial charge in [-0.3, -0.25) is 0 Å². The SMILES string of the molecule is NCc1ccc(-n2nc(C3CCNCC3)cc2N)nc1. The van der Waals surface area contributed by atoms with Crippen LogP contribution in [0, 0.1) is 0 Å². The number of nitrogen functional groups attached to an aromatic ring is 1. The molecule has 1 fully saturated rings. The lowest BCUT2D eigenvalue weighted by atomic mass is 9.95. The van der Waals surface area contributed by atoms with E-state index in [4.69, 9.17) is 11.5 Å². The first-order valence-corrected chi connectivity index (χ1v) is 6.99. The molecule has 3 heterocycles. The van der Waals surface area contributed by atoms with Crippen LogP contribution in [-0.4, -0.2) is 27.9 Å². The van der Waals surface area contributed by atoms with Crippen molar-refractivity contribution in [3.63, 3.8) is 0 Å². The Hall–Kier alpha value is -1.92. The van der Waals surface area contributed by atoms with Crippen LogP contribution >= 0.6 is 0 Å². The van der Waals surface area contributed by atoms with Crippen LogP contribution in [0.15, 0.2) is 24.4 Å². The minimum absolute atomic E-state index is 0.488. The van der Waals surface area contributed by atoms with Crippen molar-refractivity contribution >= 4 is 5.82 Å². The summed E-state index contributed by atoms with van der Waals surface area (Å²) in [5, 5.41) is 7.99. The van der Waals surface area contributed by atoms with Crippen molar-refractivity contribution in [2.24, 2.45) is 5.73 Å². The highest BCUT2D eigenvalue weighted by Crippen LogP contribution is 2.26. The van der Waals surface area contributed by atoms with E-state index in [9.17, 15) is 0 Å². The number of rotatable bonds is 3. The van der Waals surface area contributed by atoms with E-state index in [0.29, 0.717) is 18.3 Å². The van der Waals surface area contributed by atoms with Gasteiger partial charge in [-0.05, 0) is 37.6 Å². The normalized spacial score (nSPS) is 16.4. The van der Waals surface area contributed by atoms with E-state index in [1.165, 1.54) is 0 Å². The molecule has 0 aliphatic carbocycles. The molecule has 0 radical (unpaired) electrons. The van der Waals surface area contributed by atoms with Crippen LogP contribution in [0.5, 0.6) is 0 Å². The molecule has 0 spiro atoms. The first kappa shape index (κ1) is 13.1. The van der Waals surface area contributed by atoms with Gasteiger partial charge in [0.05, 0.1) is 5.69 Å². The summed E-state index contributed by atoms with van der Waals surface area (Å²) < 4.78 is 1.71. The van der Waals surface area contributed by atoms with Crippen LogP contribution in [0.25, 0.3) is 5.82 Å². The molecular formula is C14H20N6. The Balaban J connectivity index is 1.87. The molecular weight excluding hydrogens is 252 g/mol. The molecule has 0 atom stereocenters. The lowest BCUT2D eigenvalue weighted by Crippen LogP contribution is -2.26. The number of hydrogen-bond donors (Lipinski definition) is 3. The Morgan fingerprint density at radius 2 is 2.10 bits per heavy atom. The monoisotopic (exact) mass is 272 g/mol. The van der Waals surface area contributed by atoms with Gasteiger partial charge in [-0.1, -0.05) is 6.07 Å². The van der Waals surface area contributed by atoms with Crippen LogP contribution in [0.1, 0.15) is 30.0 Å². The molecule has 5 N–H and O–H groups in total. The average Bonchev–Trinajstić information content (AvgIpc) is 2.90.